The van der Waals surface area contributed by atoms with Crippen LogP contribution in [0.5, 0.6) is 0 Å². The SMILES string of the molecule is Cc1ccc(C23CC4CC(CC(C)(C4)C2)C3)cc1C. The fourth-order valence-corrected chi connectivity index (χ4v) is 6.13. The maximum Gasteiger partial charge on any atom is -0.00364 e. The fraction of sp³-hybridized carbons (Fsp3) is 0.684. The van der Waals surface area contributed by atoms with E-state index in [1.165, 1.54) is 49.7 Å². The molecule has 4 saturated carbocycles. The molecule has 0 aliphatic heterocycles. The number of hydrogen-bond acceptors (Lipinski definition) is 0. The predicted molar refractivity (Wildman–Crippen MR) is 80.4 cm³/mol. The van der Waals surface area contributed by atoms with Crippen molar-refractivity contribution in [1.29, 1.82) is 0 Å². The van der Waals surface area contributed by atoms with E-state index in [2.05, 4.69) is 39.0 Å². The summed E-state index contributed by atoms with van der Waals surface area (Å²) in [5, 5.41) is 0. The zero-order chi connectivity index (χ0) is 13.3. The Hall–Kier alpha value is -0.780. The van der Waals surface area contributed by atoms with Crippen molar-refractivity contribution in [3.05, 3.63) is 34.9 Å². The van der Waals surface area contributed by atoms with E-state index < -0.39 is 0 Å². The summed E-state index contributed by atoms with van der Waals surface area (Å²) < 4.78 is 0. The Morgan fingerprint density at radius 1 is 0.947 bits per heavy atom. The highest BCUT2D eigenvalue weighted by molar-refractivity contribution is 5.37. The highest BCUT2D eigenvalue weighted by Crippen LogP contribution is 2.65. The second-order valence-corrected chi connectivity index (χ2v) is 8.35. The third-order valence-electron chi connectivity index (χ3n) is 6.47. The average molecular weight is 254 g/mol. The molecular weight excluding hydrogens is 228 g/mol. The zero-order valence-electron chi connectivity index (χ0n) is 12.6. The van der Waals surface area contributed by atoms with Crippen LogP contribution in [0.4, 0.5) is 0 Å². The second kappa shape index (κ2) is 3.65. The lowest BCUT2D eigenvalue weighted by atomic mass is 9.43. The average Bonchev–Trinajstić information content (AvgIpc) is 2.29. The van der Waals surface area contributed by atoms with Gasteiger partial charge in [0.2, 0.25) is 0 Å². The van der Waals surface area contributed by atoms with Gasteiger partial charge >= 0.3 is 0 Å². The van der Waals surface area contributed by atoms with Crippen LogP contribution in [-0.2, 0) is 5.41 Å². The fourth-order valence-electron chi connectivity index (χ4n) is 6.13. The number of aryl methyl sites for hydroxylation is 2. The molecule has 2 atom stereocenters. The van der Waals surface area contributed by atoms with Gasteiger partial charge in [-0.3, -0.25) is 0 Å². The number of rotatable bonds is 1. The van der Waals surface area contributed by atoms with Crippen LogP contribution in [0.3, 0.4) is 0 Å². The minimum atomic E-state index is 0.539. The van der Waals surface area contributed by atoms with Crippen molar-refractivity contribution >= 4 is 0 Å². The lowest BCUT2D eigenvalue weighted by Crippen LogP contribution is -2.52. The van der Waals surface area contributed by atoms with Crippen molar-refractivity contribution in [2.24, 2.45) is 17.3 Å². The van der Waals surface area contributed by atoms with Gasteiger partial charge in [-0.1, -0.05) is 25.1 Å². The third kappa shape index (κ3) is 1.72. The van der Waals surface area contributed by atoms with Gasteiger partial charge in [-0.05, 0) is 91.7 Å². The molecule has 2 unspecified atom stereocenters. The van der Waals surface area contributed by atoms with Gasteiger partial charge in [0, 0.05) is 0 Å². The standard InChI is InChI=1S/C19H26/c1-13-4-5-17(6-14(13)2)19-10-15-7-16(11-19)9-18(3,8-15)12-19/h4-6,15-16H,7-12H2,1-3H3. The first-order chi connectivity index (χ1) is 8.98. The van der Waals surface area contributed by atoms with Gasteiger partial charge in [-0.25, -0.2) is 0 Å². The van der Waals surface area contributed by atoms with Crippen LogP contribution in [0.2, 0.25) is 0 Å². The molecule has 0 heteroatoms. The van der Waals surface area contributed by atoms with E-state index in [0.717, 1.165) is 11.8 Å². The summed E-state index contributed by atoms with van der Waals surface area (Å²) in [5.74, 6) is 2.04. The molecule has 0 spiro atoms. The van der Waals surface area contributed by atoms with Crippen LogP contribution < -0.4 is 0 Å². The van der Waals surface area contributed by atoms with Crippen molar-refractivity contribution < 1.29 is 0 Å². The summed E-state index contributed by atoms with van der Waals surface area (Å²) in [6.07, 6.45) is 8.95. The van der Waals surface area contributed by atoms with Gasteiger partial charge in [0.1, 0.15) is 0 Å². The lowest BCUT2D eigenvalue weighted by Gasteiger charge is -2.61. The Morgan fingerprint density at radius 3 is 2.21 bits per heavy atom. The Balaban J connectivity index is 1.79. The largest absolute Gasteiger partial charge is 0.0596 e. The number of hydrogen-bond donors (Lipinski definition) is 0. The molecule has 0 saturated heterocycles. The van der Waals surface area contributed by atoms with Gasteiger partial charge in [0.25, 0.3) is 0 Å². The van der Waals surface area contributed by atoms with Crippen LogP contribution in [0.25, 0.3) is 0 Å². The van der Waals surface area contributed by atoms with Crippen LogP contribution in [0.1, 0.15) is 62.1 Å². The van der Waals surface area contributed by atoms with E-state index >= 15 is 0 Å². The first-order valence-corrected chi connectivity index (χ1v) is 8.06. The Morgan fingerprint density at radius 2 is 1.63 bits per heavy atom. The second-order valence-electron chi connectivity index (χ2n) is 8.35. The molecule has 5 rings (SSSR count). The molecule has 0 aromatic heterocycles. The molecule has 19 heavy (non-hydrogen) atoms. The maximum absolute atomic E-state index is 2.57. The molecule has 4 aliphatic rings. The zero-order valence-corrected chi connectivity index (χ0v) is 12.6. The van der Waals surface area contributed by atoms with Crippen molar-refractivity contribution in [2.45, 2.75) is 64.7 Å². The van der Waals surface area contributed by atoms with Crippen molar-refractivity contribution in [2.75, 3.05) is 0 Å². The minimum Gasteiger partial charge on any atom is -0.0596 e. The molecule has 1 aromatic rings. The third-order valence-corrected chi connectivity index (χ3v) is 6.47. The molecule has 0 amide bonds. The summed E-state index contributed by atoms with van der Waals surface area (Å²) in [5.41, 5.74) is 5.79. The Bertz CT molecular complexity index is 511. The summed E-state index contributed by atoms with van der Waals surface area (Å²) >= 11 is 0. The quantitative estimate of drug-likeness (QED) is 0.649. The van der Waals surface area contributed by atoms with E-state index in [1.807, 2.05) is 0 Å². The lowest BCUT2D eigenvalue weighted by molar-refractivity contribution is -0.0616. The molecule has 4 fully saturated rings. The van der Waals surface area contributed by atoms with Gasteiger partial charge in [-0.15, -0.1) is 0 Å². The van der Waals surface area contributed by atoms with E-state index in [1.54, 1.807) is 5.56 Å². The first-order valence-electron chi connectivity index (χ1n) is 8.06. The van der Waals surface area contributed by atoms with E-state index in [-0.39, 0.29) is 0 Å². The molecular formula is C19H26. The Labute approximate surface area is 117 Å². The summed E-state index contributed by atoms with van der Waals surface area (Å²) in [6, 6.07) is 7.30. The topological polar surface area (TPSA) is 0 Å². The molecule has 4 bridgehead atoms. The van der Waals surface area contributed by atoms with Crippen LogP contribution in [0.15, 0.2) is 18.2 Å². The molecule has 0 N–H and O–H groups in total. The van der Waals surface area contributed by atoms with Crippen LogP contribution >= 0.6 is 0 Å². The highest BCUT2D eigenvalue weighted by atomic mass is 14.6. The van der Waals surface area contributed by atoms with Crippen molar-refractivity contribution in [3.8, 4) is 0 Å². The van der Waals surface area contributed by atoms with Crippen molar-refractivity contribution in [3.63, 3.8) is 0 Å². The predicted octanol–water partition coefficient (Wildman–Crippen LogP) is 5.16. The summed E-state index contributed by atoms with van der Waals surface area (Å²) in [6.45, 7) is 7.08. The number of benzene rings is 1. The first kappa shape index (κ1) is 12.0. The van der Waals surface area contributed by atoms with Gasteiger partial charge in [0.15, 0.2) is 0 Å². The molecule has 0 nitrogen and oxygen atoms in total. The normalized spacial score (nSPS) is 43.7. The van der Waals surface area contributed by atoms with E-state index in [0.29, 0.717) is 10.8 Å². The molecule has 1 aromatic carbocycles. The van der Waals surface area contributed by atoms with E-state index in [9.17, 15) is 0 Å². The minimum absolute atomic E-state index is 0.539. The Kier molecular flexibility index (Phi) is 2.31. The van der Waals surface area contributed by atoms with Gasteiger partial charge < -0.3 is 0 Å². The molecule has 0 radical (unpaired) electrons. The van der Waals surface area contributed by atoms with Crippen molar-refractivity contribution in [1.82, 2.24) is 0 Å². The molecule has 102 valence electrons. The van der Waals surface area contributed by atoms with Gasteiger partial charge in [0.05, 0.1) is 0 Å². The van der Waals surface area contributed by atoms with Crippen LogP contribution in [0, 0.1) is 31.1 Å². The monoisotopic (exact) mass is 254 g/mol. The van der Waals surface area contributed by atoms with Crippen LogP contribution in [-0.4, -0.2) is 0 Å². The van der Waals surface area contributed by atoms with Gasteiger partial charge in [-0.2, -0.15) is 0 Å². The summed E-state index contributed by atoms with van der Waals surface area (Å²) in [4.78, 5) is 0. The maximum atomic E-state index is 2.57. The molecule has 0 heterocycles. The van der Waals surface area contributed by atoms with E-state index in [4.69, 9.17) is 0 Å². The molecule has 4 aliphatic carbocycles. The highest BCUT2D eigenvalue weighted by Gasteiger charge is 2.56. The smallest absolute Gasteiger partial charge is 0.00364 e. The summed E-state index contributed by atoms with van der Waals surface area (Å²) in [7, 11) is 0.